The van der Waals surface area contributed by atoms with Crippen LogP contribution in [-0.4, -0.2) is 20.8 Å². The van der Waals surface area contributed by atoms with Gasteiger partial charge in [0.25, 0.3) is 5.24 Å². The Morgan fingerprint density at radius 3 is 2.58 bits per heavy atom. The fourth-order valence-corrected chi connectivity index (χ4v) is 3.60. The van der Waals surface area contributed by atoms with E-state index in [2.05, 4.69) is 5.32 Å². The molecule has 1 fully saturated rings. The lowest BCUT2D eigenvalue weighted by Gasteiger charge is -2.08. The predicted molar refractivity (Wildman–Crippen MR) is 76.4 cm³/mol. The molecule has 1 saturated heterocycles. The van der Waals surface area contributed by atoms with E-state index in [1.807, 2.05) is 24.3 Å². The molecule has 0 aliphatic carbocycles. The van der Waals surface area contributed by atoms with Gasteiger partial charge in [-0.25, -0.2) is 0 Å². The van der Waals surface area contributed by atoms with E-state index in [4.69, 9.17) is 0 Å². The largest absolute Gasteiger partial charge is 0.508 e. The van der Waals surface area contributed by atoms with Gasteiger partial charge >= 0.3 is 0 Å². The Morgan fingerprint density at radius 2 is 1.84 bits per heavy atom. The van der Waals surface area contributed by atoms with Gasteiger partial charge in [0.15, 0.2) is 5.37 Å². The van der Waals surface area contributed by atoms with Gasteiger partial charge in [-0.05, 0) is 35.0 Å². The lowest BCUT2D eigenvalue weighted by atomic mass is 10.1. The lowest BCUT2D eigenvalue weighted by molar-refractivity contribution is -0.110. The van der Waals surface area contributed by atoms with Gasteiger partial charge in [-0.1, -0.05) is 23.9 Å². The van der Waals surface area contributed by atoms with Crippen LogP contribution in [0.15, 0.2) is 41.3 Å². The molecular formula is C13H9NO3S2. The van der Waals surface area contributed by atoms with Gasteiger partial charge in [0.05, 0.1) is 0 Å². The van der Waals surface area contributed by atoms with E-state index in [9.17, 15) is 14.7 Å². The van der Waals surface area contributed by atoms with Crippen molar-refractivity contribution in [3.63, 3.8) is 0 Å². The van der Waals surface area contributed by atoms with E-state index in [-0.39, 0.29) is 16.1 Å². The number of thioether (sulfide) groups is 2. The molecule has 1 heterocycles. The molecule has 3 rings (SSSR count). The summed E-state index contributed by atoms with van der Waals surface area (Å²) in [4.78, 5) is 23.5. The summed E-state index contributed by atoms with van der Waals surface area (Å²) >= 11 is 2.03. The SMILES string of the molecule is O=C1NC(Sc2ccc3cc(O)ccc3c2)C(=O)S1. The highest BCUT2D eigenvalue weighted by Crippen LogP contribution is 2.32. The van der Waals surface area contributed by atoms with Gasteiger partial charge in [-0.2, -0.15) is 0 Å². The molecule has 1 amide bonds. The van der Waals surface area contributed by atoms with E-state index in [0.29, 0.717) is 11.8 Å². The summed E-state index contributed by atoms with van der Waals surface area (Å²) in [5, 5.41) is 12.9. The van der Waals surface area contributed by atoms with Crippen molar-refractivity contribution in [2.24, 2.45) is 0 Å². The zero-order valence-corrected chi connectivity index (χ0v) is 11.3. The van der Waals surface area contributed by atoms with Crippen LogP contribution in [-0.2, 0) is 4.79 Å². The van der Waals surface area contributed by atoms with E-state index in [1.165, 1.54) is 11.8 Å². The Morgan fingerprint density at radius 1 is 1.11 bits per heavy atom. The summed E-state index contributed by atoms with van der Waals surface area (Å²) in [6.07, 6.45) is 0. The second-order valence-electron chi connectivity index (χ2n) is 4.04. The number of carbonyl (C=O) groups excluding carboxylic acids is 2. The normalized spacial score (nSPS) is 18.8. The number of nitrogens with one attached hydrogen (secondary N) is 1. The molecule has 1 atom stereocenters. The molecule has 2 aromatic rings. The minimum atomic E-state index is -0.521. The Labute approximate surface area is 117 Å². The number of rotatable bonds is 2. The van der Waals surface area contributed by atoms with Gasteiger partial charge in [0.2, 0.25) is 5.12 Å². The fourth-order valence-electron chi connectivity index (χ4n) is 1.84. The zero-order valence-electron chi connectivity index (χ0n) is 9.62. The maximum Gasteiger partial charge on any atom is 0.288 e. The highest BCUT2D eigenvalue weighted by atomic mass is 32.2. The van der Waals surface area contributed by atoms with Crippen molar-refractivity contribution in [1.29, 1.82) is 0 Å². The number of hydrogen-bond acceptors (Lipinski definition) is 5. The molecule has 2 N–H and O–H groups in total. The molecule has 0 radical (unpaired) electrons. The standard InChI is InChI=1S/C13H9NO3S2/c15-9-3-1-8-6-10(4-2-7(8)5-9)18-11-12(16)19-13(17)14-11/h1-6,11,15H,(H,14,17). The fraction of sp³-hybridized carbons (Fsp3) is 0.0769. The van der Waals surface area contributed by atoms with Crippen LogP contribution in [0.2, 0.25) is 0 Å². The van der Waals surface area contributed by atoms with E-state index >= 15 is 0 Å². The van der Waals surface area contributed by atoms with E-state index in [0.717, 1.165) is 15.7 Å². The minimum absolute atomic E-state index is 0.166. The van der Waals surface area contributed by atoms with Crippen LogP contribution >= 0.6 is 23.5 Å². The highest BCUT2D eigenvalue weighted by Gasteiger charge is 2.31. The highest BCUT2D eigenvalue weighted by molar-refractivity contribution is 8.28. The molecule has 96 valence electrons. The molecule has 2 aromatic carbocycles. The molecule has 1 unspecified atom stereocenters. The number of aromatic hydroxyl groups is 1. The average Bonchev–Trinajstić information content (AvgIpc) is 2.68. The summed E-state index contributed by atoms with van der Waals surface area (Å²) in [5.74, 6) is 0.225. The third-order valence-corrected chi connectivity index (χ3v) is 4.69. The summed E-state index contributed by atoms with van der Waals surface area (Å²) < 4.78 is 0. The molecule has 4 nitrogen and oxygen atoms in total. The summed E-state index contributed by atoms with van der Waals surface area (Å²) in [5.41, 5.74) is 0. The Kier molecular flexibility index (Phi) is 3.12. The van der Waals surface area contributed by atoms with Gasteiger partial charge in [-0.15, -0.1) is 0 Å². The molecule has 0 bridgehead atoms. The van der Waals surface area contributed by atoms with Crippen LogP contribution in [0.3, 0.4) is 0 Å². The number of amides is 1. The van der Waals surface area contributed by atoms with Gasteiger partial charge in [0, 0.05) is 16.7 Å². The minimum Gasteiger partial charge on any atom is -0.508 e. The van der Waals surface area contributed by atoms with Crippen LogP contribution in [0.4, 0.5) is 4.79 Å². The monoisotopic (exact) mass is 291 g/mol. The van der Waals surface area contributed by atoms with Crippen LogP contribution in [0.1, 0.15) is 0 Å². The molecule has 1 aliphatic heterocycles. The summed E-state index contributed by atoms with van der Waals surface area (Å²) in [7, 11) is 0. The number of phenols is 1. The van der Waals surface area contributed by atoms with Gasteiger partial charge < -0.3 is 10.4 Å². The second-order valence-corrected chi connectivity index (χ2v) is 6.20. The van der Waals surface area contributed by atoms with Crippen LogP contribution in [0.25, 0.3) is 10.8 Å². The number of benzene rings is 2. The van der Waals surface area contributed by atoms with Gasteiger partial charge in [0.1, 0.15) is 5.75 Å². The Bertz CT molecular complexity index is 687. The lowest BCUT2D eigenvalue weighted by Crippen LogP contribution is -2.24. The Hall–Kier alpha value is -1.66. The van der Waals surface area contributed by atoms with Crippen LogP contribution < -0.4 is 5.32 Å². The average molecular weight is 291 g/mol. The first-order valence-corrected chi connectivity index (χ1v) is 7.23. The third kappa shape index (κ3) is 2.54. The molecule has 19 heavy (non-hydrogen) atoms. The topological polar surface area (TPSA) is 66.4 Å². The van der Waals surface area contributed by atoms with Gasteiger partial charge in [-0.3, -0.25) is 9.59 Å². The van der Waals surface area contributed by atoms with E-state index in [1.54, 1.807) is 12.1 Å². The first-order chi connectivity index (χ1) is 9.11. The summed E-state index contributed by atoms with van der Waals surface area (Å²) in [6.45, 7) is 0. The number of hydrogen-bond donors (Lipinski definition) is 2. The van der Waals surface area contributed by atoms with Crippen molar-refractivity contribution in [3.05, 3.63) is 36.4 Å². The zero-order chi connectivity index (χ0) is 13.4. The molecule has 6 heteroatoms. The first kappa shape index (κ1) is 12.4. The van der Waals surface area contributed by atoms with Crippen LogP contribution in [0, 0.1) is 0 Å². The van der Waals surface area contributed by atoms with Crippen molar-refractivity contribution in [2.45, 2.75) is 10.3 Å². The van der Waals surface area contributed by atoms with Crippen LogP contribution in [0.5, 0.6) is 5.75 Å². The second kappa shape index (κ2) is 4.79. The van der Waals surface area contributed by atoms with Crippen molar-refractivity contribution < 1.29 is 14.7 Å². The number of phenolic OH excluding ortho intramolecular Hbond substituents is 1. The first-order valence-electron chi connectivity index (χ1n) is 5.53. The van der Waals surface area contributed by atoms with Crippen molar-refractivity contribution >= 4 is 44.7 Å². The maximum absolute atomic E-state index is 11.5. The van der Waals surface area contributed by atoms with E-state index < -0.39 is 5.37 Å². The van der Waals surface area contributed by atoms with Crippen molar-refractivity contribution in [1.82, 2.24) is 5.32 Å². The smallest absolute Gasteiger partial charge is 0.288 e. The summed E-state index contributed by atoms with van der Waals surface area (Å²) in [6, 6.07) is 10.8. The molecule has 1 aliphatic rings. The maximum atomic E-state index is 11.5. The predicted octanol–water partition coefficient (Wildman–Crippen LogP) is 2.95. The Balaban J connectivity index is 1.87. The number of carbonyl (C=O) groups is 2. The van der Waals surface area contributed by atoms with Crippen molar-refractivity contribution in [2.75, 3.05) is 0 Å². The molecule has 0 saturated carbocycles. The third-order valence-electron chi connectivity index (χ3n) is 2.71. The molecule has 0 aromatic heterocycles. The number of fused-ring (bicyclic) bond motifs is 1. The molecule has 0 spiro atoms. The molecular weight excluding hydrogens is 282 g/mol. The quantitative estimate of drug-likeness (QED) is 0.890. The van der Waals surface area contributed by atoms with Crippen molar-refractivity contribution in [3.8, 4) is 5.75 Å².